The van der Waals surface area contributed by atoms with Crippen LogP contribution in [-0.2, 0) is 17.8 Å². The molecule has 162 valence electrons. The summed E-state index contributed by atoms with van der Waals surface area (Å²) < 4.78 is 5.89. The third-order valence-corrected chi connectivity index (χ3v) is 6.91. The Bertz CT molecular complexity index is 658. The molecule has 1 aliphatic heterocycles. The summed E-state index contributed by atoms with van der Waals surface area (Å²) in [5.74, 6) is 0.947. The van der Waals surface area contributed by atoms with E-state index in [1.165, 1.54) is 30.4 Å². The third kappa shape index (κ3) is 6.90. The van der Waals surface area contributed by atoms with Crippen molar-refractivity contribution >= 4 is 17.7 Å². The summed E-state index contributed by atoms with van der Waals surface area (Å²) in [4.78, 5) is 7.43. The number of morpholine rings is 1. The van der Waals surface area contributed by atoms with E-state index in [1.807, 2.05) is 11.8 Å². The molecule has 6 heteroatoms. The van der Waals surface area contributed by atoms with Crippen molar-refractivity contribution in [2.45, 2.75) is 76.6 Å². The number of aliphatic imine (C=N–C) groups is 1. The van der Waals surface area contributed by atoms with Crippen molar-refractivity contribution in [3.05, 3.63) is 35.4 Å². The highest BCUT2D eigenvalue weighted by Gasteiger charge is 2.25. The highest BCUT2D eigenvalue weighted by atomic mass is 32.2. The van der Waals surface area contributed by atoms with Crippen molar-refractivity contribution in [1.29, 1.82) is 0 Å². The quantitative estimate of drug-likeness (QED) is 0.523. The maximum Gasteiger partial charge on any atom is 0.191 e. The fourth-order valence-corrected chi connectivity index (χ4v) is 5.28. The second-order valence-corrected chi connectivity index (χ2v) is 9.57. The highest BCUT2D eigenvalue weighted by molar-refractivity contribution is 7.99. The van der Waals surface area contributed by atoms with Crippen molar-refractivity contribution in [2.24, 2.45) is 4.99 Å². The Labute approximate surface area is 181 Å². The summed E-state index contributed by atoms with van der Waals surface area (Å²) >= 11 is 1.99. The van der Waals surface area contributed by atoms with Crippen molar-refractivity contribution < 1.29 is 4.74 Å². The molecule has 2 fully saturated rings. The van der Waals surface area contributed by atoms with Crippen LogP contribution in [0.4, 0.5) is 0 Å². The van der Waals surface area contributed by atoms with Crippen LogP contribution in [0.3, 0.4) is 0 Å². The summed E-state index contributed by atoms with van der Waals surface area (Å²) in [6, 6.07) is 9.27. The molecule has 2 aliphatic rings. The van der Waals surface area contributed by atoms with E-state index in [0.29, 0.717) is 24.8 Å². The second-order valence-electron chi connectivity index (χ2n) is 8.43. The zero-order valence-electron chi connectivity index (χ0n) is 18.5. The van der Waals surface area contributed by atoms with E-state index < -0.39 is 0 Å². The highest BCUT2D eigenvalue weighted by Crippen LogP contribution is 2.28. The van der Waals surface area contributed by atoms with E-state index in [2.05, 4.69) is 66.8 Å². The number of nitrogens with zero attached hydrogens (tertiary/aromatic N) is 2. The van der Waals surface area contributed by atoms with Gasteiger partial charge >= 0.3 is 0 Å². The van der Waals surface area contributed by atoms with Gasteiger partial charge in [0, 0.05) is 37.5 Å². The molecule has 1 saturated heterocycles. The minimum absolute atomic E-state index is 0.296. The number of hydrogen-bond acceptors (Lipinski definition) is 4. The molecule has 0 aromatic heterocycles. The molecule has 1 aliphatic carbocycles. The Kier molecular flexibility index (Phi) is 8.69. The molecule has 0 spiro atoms. The normalized spacial score (nSPS) is 28.5. The molecule has 0 amide bonds. The van der Waals surface area contributed by atoms with Crippen LogP contribution >= 0.6 is 11.8 Å². The first-order valence-corrected chi connectivity index (χ1v) is 12.4. The van der Waals surface area contributed by atoms with Crippen LogP contribution in [0.1, 0.15) is 51.2 Å². The SMILES string of the molecule is CCNC(=NCc1ccccc1CN1CC(C)OC(C)C1)NC1CCC(SC)C1. The first-order chi connectivity index (χ1) is 14.1. The minimum atomic E-state index is 0.296. The van der Waals surface area contributed by atoms with E-state index >= 15 is 0 Å². The number of rotatable bonds is 7. The zero-order chi connectivity index (χ0) is 20.6. The average molecular weight is 419 g/mol. The largest absolute Gasteiger partial charge is 0.373 e. The first-order valence-electron chi connectivity index (χ1n) is 11.1. The van der Waals surface area contributed by atoms with Crippen LogP contribution in [0, 0.1) is 0 Å². The van der Waals surface area contributed by atoms with Gasteiger partial charge in [-0.05, 0) is 57.4 Å². The van der Waals surface area contributed by atoms with Gasteiger partial charge in [-0.25, -0.2) is 4.99 Å². The predicted molar refractivity (Wildman–Crippen MR) is 125 cm³/mol. The summed E-state index contributed by atoms with van der Waals surface area (Å²) in [6.07, 6.45) is 6.58. The van der Waals surface area contributed by atoms with E-state index in [4.69, 9.17) is 9.73 Å². The zero-order valence-corrected chi connectivity index (χ0v) is 19.3. The molecule has 2 N–H and O–H groups in total. The van der Waals surface area contributed by atoms with E-state index in [1.54, 1.807) is 0 Å². The molecule has 0 bridgehead atoms. The fraction of sp³-hybridized carbons (Fsp3) is 0.696. The van der Waals surface area contributed by atoms with Gasteiger partial charge < -0.3 is 15.4 Å². The van der Waals surface area contributed by atoms with Gasteiger partial charge in [-0.1, -0.05) is 24.3 Å². The van der Waals surface area contributed by atoms with Crippen LogP contribution in [-0.4, -0.2) is 60.2 Å². The van der Waals surface area contributed by atoms with Gasteiger partial charge in [-0.2, -0.15) is 11.8 Å². The standard InChI is InChI=1S/C23H38N4OS/c1-5-24-23(26-21-10-11-22(12-21)29-4)25-13-19-8-6-7-9-20(19)16-27-14-17(2)28-18(3)15-27/h6-9,17-18,21-22H,5,10-16H2,1-4H3,(H2,24,25,26). The number of hydrogen-bond donors (Lipinski definition) is 2. The lowest BCUT2D eigenvalue weighted by atomic mass is 10.1. The number of benzene rings is 1. The molecular formula is C23H38N4OS. The van der Waals surface area contributed by atoms with Crippen LogP contribution < -0.4 is 10.6 Å². The number of nitrogens with one attached hydrogen (secondary N) is 2. The van der Waals surface area contributed by atoms with Gasteiger partial charge in [0.15, 0.2) is 5.96 Å². The third-order valence-electron chi connectivity index (χ3n) is 5.82. The maximum atomic E-state index is 5.89. The van der Waals surface area contributed by atoms with Crippen LogP contribution in [0.25, 0.3) is 0 Å². The van der Waals surface area contributed by atoms with E-state index in [-0.39, 0.29) is 0 Å². The van der Waals surface area contributed by atoms with Gasteiger partial charge in [0.05, 0.1) is 18.8 Å². The maximum absolute atomic E-state index is 5.89. The fourth-order valence-electron chi connectivity index (χ4n) is 4.48. The molecule has 5 nitrogen and oxygen atoms in total. The molecule has 0 radical (unpaired) electrons. The van der Waals surface area contributed by atoms with E-state index in [9.17, 15) is 0 Å². The molecule has 29 heavy (non-hydrogen) atoms. The van der Waals surface area contributed by atoms with Crippen molar-refractivity contribution in [1.82, 2.24) is 15.5 Å². The Morgan fingerprint density at radius 3 is 2.55 bits per heavy atom. The smallest absolute Gasteiger partial charge is 0.191 e. The number of ether oxygens (including phenoxy) is 1. The minimum Gasteiger partial charge on any atom is -0.373 e. The summed E-state index contributed by atoms with van der Waals surface area (Å²) in [7, 11) is 0. The predicted octanol–water partition coefficient (Wildman–Crippen LogP) is 3.64. The average Bonchev–Trinajstić information content (AvgIpc) is 3.14. The lowest BCUT2D eigenvalue weighted by Gasteiger charge is -2.35. The molecule has 1 aromatic rings. The Morgan fingerprint density at radius 1 is 1.17 bits per heavy atom. The van der Waals surface area contributed by atoms with Crippen LogP contribution in [0.2, 0.25) is 0 Å². The summed E-state index contributed by atoms with van der Waals surface area (Å²) in [6.45, 7) is 11.0. The molecule has 3 rings (SSSR count). The molecular weight excluding hydrogens is 380 g/mol. The second kappa shape index (κ2) is 11.2. The Balaban J connectivity index is 1.63. The van der Waals surface area contributed by atoms with Gasteiger partial charge in [-0.3, -0.25) is 4.90 Å². The van der Waals surface area contributed by atoms with Gasteiger partial charge in [0.1, 0.15) is 0 Å². The van der Waals surface area contributed by atoms with Crippen LogP contribution in [0.15, 0.2) is 29.3 Å². The lowest BCUT2D eigenvalue weighted by Crippen LogP contribution is -2.45. The molecule has 1 heterocycles. The van der Waals surface area contributed by atoms with Crippen molar-refractivity contribution in [3.63, 3.8) is 0 Å². The summed E-state index contributed by atoms with van der Waals surface area (Å²) in [5, 5.41) is 7.88. The molecule has 1 saturated carbocycles. The Hall–Kier alpha value is -1.24. The number of thioether (sulfide) groups is 1. The van der Waals surface area contributed by atoms with Gasteiger partial charge in [0.2, 0.25) is 0 Å². The monoisotopic (exact) mass is 418 g/mol. The topological polar surface area (TPSA) is 48.9 Å². The summed E-state index contributed by atoms with van der Waals surface area (Å²) in [5.41, 5.74) is 2.68. The Morgan fingerprint density at radius 2 is 1.90 bits per heavy atom. The lowest BCUT2D eigenvalue weighted by molar-refractivity contribution is -0.0705. The first kappa shape index (κ1) is 22.4. The van der Waals surface area contributed by atoms with Crippen molar-refractivity contribution in [3.8, 4) is 0 Å². The molecule has 1 aromatic carbocycles. The van der Waals surface area contributed by atoms with Gasteiger partial charge in [0.25, 0.3) is 0 Å². The van der Waals surface area contributed by atoms with Crippen LogP contribution in [0.5, 0.6) is 0 Å². The van der Waals surface area contributed by atoms with E-state index in [0.717, 1.165) is 37.4 Å². The molecule has 4 atom stereocenters. The van der Waals surface area contributed by atoms with Crippen molar-refractivity contribution in [2.75, 3.05) is 25.9 Å². The number of guanidine groups is 1. The molecule has 4 unspecified atom stereocenters. The van der Waals surface area contributed by atoms with Gasteiger partial charge in [-0.15, -0.1) is 0 Å².